The first-order valence-corrected chi connectivity index (χ1v) is 8.80. The van der Waals surface area contributed by atoms with E-state index in [-0.39, 0.29) is 18.2 Å². The number of carbonyl (C=O) groups is 1. The molecule has 0 aromatic heterocycles. The van der Waals surface area contributed by atoms with E-state index in [4.69, 9.17) is 15.3 Å². The maximum absolute atomic E-state index is 11.0. The fourth-order valence-electron chi connectivity index (χ4n) is 3.50. The van der Waals surface area contributed by atoms with Crippen molar-refractivity contribution in [3.05, 3.63) is 64.7 Å². The Labute approximate surface area is 153 Å². The van der Waals surface area contributed by atoms with Crippen LogP contribution in [0, 0.1) is 5.41 Å². The van der Waals surface area contributed by atoms with Gasteiger partial charge in [-0.15, -0.1) is 0 Å². The Morgan fingerprint density at radius 2 is 1.96 bits per heavy atom. The van der Waals surface area contributed by atoms with Crippen LogP contribution in [0.25, 0.3) is 0 Å². The van der Waals surface area contributed by atoms with Crippen molar-refractivity contribution in [2.45, 2.75) is 25.2 Å². The second kappa shape index (κ2) is 7.70. The molecule has 1 atom stereocenters. The molecule has 0 radical (unpaired) electrons. The number of fused-ring (bicyclic) bond motifs is 2. The maximum Gasteiger partial charge on any atom is 0.307 e. The van der Waals surface area contributed by atoms with Crippen LogP contribution in [-0.2, 0) is 11.2 Å². The minimum absolute atomic E-state index is 0.0534. The fourth-order valence-corrected chi connectivity index (χ4v) is 3.50. The van der Waals surface area contributed by atoms with Crippen LogP contribution >= 0.6 is 0 Å². The number of carboxylic acids is 1. The van der Waals surface area contributed by atoms with E-state index in [0.717, 1.165) is 36.1 Å². The van der Waals surface area contributed by atoms with Crippen molar-refractivity contribution < 1.29 is 14.6 Å². The van der Waals surface area contributed by atoms with Gasteiger partial charge in [-0.3, -0.25) is 10.2 Å². The first-order valence-electron chi connectivity index (χ1n) is 8.80. The summed E-state index contributed by atoms with van der Waals surface area (Å²) in [5.74, 6) is -0.0356. The largest absolute Gasteiger partial charge is 0.481 e. The molecule has 1 aliphatic heterocycles. The van der Waals surface area contributed by atoms with Gasteiger partial charge in [0.2, 0.25) is 5.90 Å². The van der Waals surface area contributed by atoms with Crippen LogP contribution in [0.1, 0.15) is 41.0 Å². The van der Waals surface area contributed by atoms with Crippen LogP contribution in [0.5, 0.6) is 5.75 Å². The quantitative estimate of drug-likeness (QED) is 0.834. The number of benzene rings is 2. The standard InChI is InChI=1S/C21H24N2O3/c1-23(2)11-5-8-15-16-6-3-4-7-18(16)21(22)26-19-12-14(13-20(24)25)9-10-17(15)19/h3-4,6-7,9-10,12,15,22H,5,8,11,13H2,1-2H3,(H,24,25). The van der Waals surface area contributed by atoms with Gasteiger partial charge in [0.05, 0.1) is 6.42 Å². The van der Waals surface area contributed by atoms with E-state index in [9.17, 15) is 4.79 Å². The third-order valence-electron chi connectivity index (χ3n) is 4.70. The molecule has 0 amide bonds. The van der Waals surface area contributed by atoms with Crippen LogP contribution in [0.3, 0.4) is 0 Å². The Balaban J connectivity index is 2.02. The van der Waals surface area contributed by atoms with Crippen molar-refractivity contribution in [2.24, 2.45) is 0 Å². The van der Waals surface area contributed by atoms with Crippen LogP contribution in [0.4, 0.5) is 0 Å². The first-order chi connectivity index (χ1) is 12.5. The van der Waals surface area contributed by atoms with Crippen molar-refractivity contribution in [3.8, 4) is 5.75 Å². The molecule has 26 heavy (non-hydrogen) atoms. The molecule has 1 unspecified atom stereocenters. The molecule has 1 heterocycles. The summed E-state index contributed by atoms with van der Waals surface area (Å²) in [6.07, 6.45) is 1.91. The molecule has 3 rings (SSSR count). The molecule has 0 saturated carbocycles. The van der Waals surface area contributed by atoms with Crippen molar-refractivity contribution in [3.63, 3.8) is 0 Å². The Kier molecular flexibility index (Phi) is 5.38. The molecule has 5 nitrogen and oxygen atoms in total. The highest BCUT2D eigenvalue weighted by molar-refractivity contribution is 5.96. The predicted molar refractivity (Wildman–Crippen MR) is 101 cm³/mol. The molecule has 0 fully saturated rings. The molecule has 0 aliphatic carbocycles. The fraction of sp³-hybridized carbons (Fsp3) is 0.333. The molecule has 5 heteroatoms. The smallest absolute Gasteiger partial charge is 0.307 e. The minimum Gasteiger partial charge on any atom is -0.481 e. The van der Waals surface area contributed by atoms with Crippen molar-refractivity contribution in [1.29, 1.82) is 5.41 Å². The lowest BCUT2D eigenvalue weighted by molar-refractivity contribution is -0.136. The Hall–Kier alpha value is -2.66. The lowest BCUT2D eigenvalue weighted by atomic mass is 9.84. The second-order valence-corrected chi connectivity index (χ2v) is 6.96. The normalized spacial score (nSPS) is 15.8. The summed E-state index contributed by atoms with van der Waals surface area (Å²) in [6.45, 7) is 0.989. The van der Waals surface area contributed by atoms with E-state index in [1.807, 2.05) is 30.3 Å². The van der Waals surface area contributed by atoms with Crippen LogP contribution in [-0.4, -0.2) is 42.5 Å². The average Bonchev–Trinajstić information content (AvgIpc) is 2.69. The second-order valence-electron chi connectivity index (χ2n) is 6.96. The molecule has 136 valence electrons. The van der Waals surface area contributed by atoms with Gasteiger partial charge in [0.1, 0.15) is 5.75 Å². The Bertz CT molecular complexity index is 830. The summed E-state index contributed by atoms with van der Waals surface area (Å²) in [4.78, 5) is 13.2. The number of ether oxygens (including phenoxy) is 1. The molecule has 0 saturated heterocycles. The van der Waals surface area contributed by atoms with Crippen molar-refractivity contribution in [1.82, 2.24) is 4.90 Å². The molecule has 2 aromatic rings. The van der Waals surface area contributed by atoms with Gasteiger partial charge in [0.25, 0.3) is 0 Å². The molecule has 0 bridgehead atoms. The van der Waals surface area contributed by atoms with Gasteiger partial charge in [-0.1, -0.05) is 30.3 Å². The topological polar surface area (TPSA) is 73.6 Å². The number of nitrogens with one attached hydrogen (secondary N) is 1. The summed E-state index contributed by atoms with van der Waals surface area (Å²) in [6, 6.07) is 13.5. The SMILES string of the molecule is CN(C)CCCC1c2ccc(CC(=O)O)cc2OC(=N)c2ccccc21. The van der Waals surface area contributed by atoms with Gasteiger partial charge >= 0.3 is 5.97 Å². The highest BCUT2D eigenvalue weighted by atomic mass is 16.5. The van der Waals surface area contributed by atoms with Crippen LogP contribution in [0.2, 0.25) is 0 Å². The van der Waals surface area contributed by atoms with Gasteiger partial charge in [-0.25, -0.2) is 0 Å². The lowest BCUT2D eigenvalue weighted by Crippen LogP contribution is -2.14. The molecule has 0 spiro atoms. The van der Waals surface area contributed by atoms with Gasteiger partial charge in [-0.05, 0) is 56.7 Å². The molecule has 2 N–H and O–H groups in total. The monoisotopic (exact) mass is 352 g/mol. The van der Waals surface area contributed by atoms with E-state index in [1.54, 1.807) is 6.07 Å². The lowest BCUT2D eigenvalue weighted by Gasteiger charge is -2.20. The number of hydrogen-bond donors (Lipinski definition) is 2. The zero-order chi connectivity index (χ0) is 18.7. The van der Waals surface area contributed by atoms with E-state index in [2.05, 4.69) is 25.1 Å². The Morgan fingerprint density at radius 1 is 1.19 bits per heavy atom. The molecular weight excluding hydrogens is 328 g/mol. The summed E-state index contributed by atoms with van der Waals surface area (Å²) in [5.41, 5.74) is 3.61. The molecule has 2 aromatic carbocycles. The highest BCUT2D eigenvalue weighted by Crippen LogP contribution is 2.40. The zero-order valence-electron chi connectivity index (χ0n) is 15.2. The summed E-state index contributed by atoms with van der Waals surface area (Å²) >= 11 is 0. The summed E-state index contributed by atoms with van der Waals surface area (Å²) in [7, 11) is 4.12. The van der Waals surface area contributed by atoms with Gasteiger partial charge in [-0.2, -0.15) is 0 Å². The van der Waals surface area contributed by atoms with Crippen LogP contribution in [0.15, 0.2) is 42.5 Å². The number of nitrogens with zero attached hydrogens (tertiary/aromatic N) is 1. The van der Waals surface area contributed by atoms with E-state index >= 15 is 0 Å². The molecule has 1 aliphatic rings. The third kappa shape index (κ3) is 3.94. The summed E-state index contributed by atoms with van der Waals surface area (Å²) < 4.78 is 5.84. The Morgan fingerprint density at radius 3 is 2.69 bits per heavy atom. The summed E-state index contributed by atoms with van der Waals surface area (Å²) in [5, 5.41) is 17.4. The van der Waals surface area contributed by atoms with Gasteiger partial charge in [0, 0.05) is 17.0 Å². The number of aliphatic carboxylic acids is 1. The van der Waals surface area contributed by atoms with E-state index in [0.29, 0.717) is 11.3 Å². The first kappa shape index (κ1) is 18.1. The van der Waals surface area contributed by atoms with E-state index in [1.165, 1.54) is 0 Å². The van der Waals surface area contributed by atoms with Gasteiger partial charge < -0.3 is 14.7 Å². The highest BCUT2D eigenvalue weighted by Gasteiger charge is 2.27. The van der Waals surface area contributed by atoms with E-state index < -0.39 is 5.97 Å². The number of rotatable bonds is 6. The van der Waals surface area contributed by atoms with Crippen molar-refractivity contribution in [2.75, 3.05) is 20.6 Å². The van der Waals surface area contributed by atoms with Crippen LogP contribution < -0.4 is 4.74 Å². The average molecular weight is 352 g/mol. The number of hydrogen-bond acceptors (Lipinski definition) is 4. The van der Waals surface area contributed by atoms with Gasteiger partial charge in [0.15, 0.2) is 0 Å². The maximum atomic E-state index is 11.0. The number of carboxylic acid groups (broad SMARTS) is 1. The third-order valence-corrected chi connectivity index (χ3v) is 4.70. The molecular formula is C21H24N2O3. The predicted octanol–water partition coefficient (Wildman–Crippen LogP) is 3.51. The van der Waals surface area contributed by atoms with Crippen molar-refractivity contribution >= 4 is 11.9 Å². The minimum atomic E-state index is -0.875. The zero-order valence-corrected chi connectivity index (χ0v) is 15.2.